The first kappa shape index (κ1) is 22.7. The van der Waals surface area contributed by atoms with Gasteiger partial charge in [0.05, 0.1) is 19.3 Å². The number of methoxy groups -OCH3 is 1. The smallest absolute Gasteiger partial charge is 0.224 e. The monoisotopic (exact) mass is 418 g/mol. The van der Waals surface area contributed by atoms with Crippen LogP contribution in [0.5, 0.6) is 0 Å². The minimum atomic E-state index is 0.191. The van der Waals surface area contributed by atoms with Crippen LogP contribution in [-0.4, -0.2) is 62.2 Å². The molecule has 1 saturated carbocycles. The number of piperidine rings is 1. The number of aliphatic imine (C=N–C) groups is 1. The van der Waals surface area contributed by atoms with Crippen molar-refractivity contribution in [3.05, 3.63) is 24.2 Å². The standard InChI is InChI=1S/C23H38N4O3/c1-18-6-3-4-8-21(18)26-23(24-13-9-20-7-5-16-30-20)25-19-10-14-27(15-11-19)22(28)12-17-29-2/h5,7,16,18-19,21H,3-4,6,8-15,17H2,1-2H3,(H2,24,25,26). The van der Waals surface area contributed by atoms with Gasteiger partial charge in [0.1, 0.15) is 5.76 Å². The minimum absolute atomic E-state index is 0.191. The zero-order valence-corrected chi connectivity index (χ0v) is 18.6. The maximum atomic E-state index is 12.2. The number of ether oxygens (including phenoxy) is 1. The molecular weight excluding hydrogens is 380 g/mol. The maximum absolute atomic E-state index is 12.2. The molecule has 2 aliphatic rings. The Morgan fingerprint density at radius 3 is 2.73 bits per heavy atom. The van der Waals surface area contributed by atoms with E-state index in [9.17, 15) is 4.79 Å². The summed E-state index contributed by atoms with van der Waals surface area (Å²) in [6, 6.07) is 4.73. The third-order valence-electron chi connectivity index (χ3n) is 6.35. The molecule has 7 heteroatoms. The van der Waals surface area contributed by atoms with E-state index in [1.807, 2.05) is 17.0 Å². The summed E-state index contributed by atoms with van der Waals surface area (Å²) in [4.78, 5) is 19.0. The first-order valence-electron chi connectivity index (χ1n) is 11.5. The van der Waals surface area contributed by atoms with E-state index in [1.165, 1.54) is 25.7 Å². The Labute approximate surface area is 180 Å². The van der Waals surface area contributed by atoms with E-state index in [0.29, 0.717) is 37.6 Å². The minimum Gasteiger partial charge on any atom is -0.469 e. The molecule has 2 heterocycles. The maximum Gasteiger partial charge on any atom is 0.224 e. The summed E-state index contributed by atoms with van der Waals surface area (Å²) in [6.07, 6.45) is 9.95. The van der Waals surface area contributed by atoms with Crippen molar-refractivity contribution in [1.82, 2.24) is 15.5 Å². The van der Waals surface area contributed by atoms with Gasteiger partial charge in [0.25, 0.3) is 0 Å². The van der Waals surface area contributed by atoms with E-state index >= 15 is 0 Å². The summed E-state index contributed by atoms with van der Waals surface area (Å²) in [5.74, 6) is 2.73. The number of guanidine groups is 1. The lowest BCUT2D eigenvalue weighted by atomic mass is 9.86. The molecule has 2 fully saturated rings. The number of amides is 1. The van der Waals surface area contributed by atoms with Crippen LogP contribution in [0.15, 0.2) is 27.8 Å². The van der Waals surface area contributed by atoms with Gasteiger partial charge in [-0.2, -0.15) is 0 Å². The van der Waals surface area contributed by atoms with Gasteiger partial charge in [-0.25, -0.2) is 0 Å². The van der Waals surface area contributed by atoms with Crippen molar-refractivity contribution in [1.29, 1.82) is 0 Å². The SMILES string of the molecule is COCCC(=O)N1CCC(NC(=NCCc2ccco2)NC2CCCCC2C)CC1. The summed E-state index contributed by atoms with van der Waals surface area (Å²) in [6.45, 7) is 5.10. The van der Waals surface area contributed by atoms with Crippen molar-refractivity contribution in [2.75, 3.05) is 33.4 Å². The highest BCUT2D eigenvalue weighted by Crippen LogP contribution is 2.23. The number of rotatable bonds is 8. The molecule has 168 valence electrons. The fourth-order valence-electron chi connectivity index (χ4n) is 4.39. The predicted molar refractivity (Wildman–Crippen MR) is 119 cm³/mol. The van der Waals surface area contributed by atoms with Crippen LogP contribution >= 0.6 is 0 Å². The highest BCUT2D eigenvalue weighted by atomic mass is 16.5. The highest BCUT2D eigenvalue weighted by molar-refractivity contribution is 5.80. The zero-order valence-electron chi connectivity index (χ0n) is 18.6. The molecule has 1 aliphatic carbocycles. The van der Waals surface area contributed by atoms with E-state index in [1.54, 1.807) is 13.4 Å². The number of nitrogens with zero attached hydrogens (tertiary/aromatic N) is 2. The Morgan fingerprint density at radius 1 is 1.23 bits per heavy atom. The third kappa shape index (κ3) is 7.04. The van der Waals surface area contributed by atoms with E-state index in [0.717, 1.165) is 44.1 Å². The van der Waals surface area contributed by atoms with Crippen molar-refractivity contribution in [3.63, 3.8) is 0 Å². The molecular formula is C23H38N4O3. The quantitative estimate of drug-likeness (QED) is 0.501. The van der Waals surface area contributed by atoms with E-state index in [4.69, 9.17) is 14.1 Å². The molecule has 30 heavy (non-hydrogen) atoms. The normalized spacial score (nSPS) is 23.4. The molecule has 1 aromatic rings. The number of hydrogen-bond acceptors (Lipinski definition) is 4. The molecule has 1 aromatic heterocycles. The largest absolute Gasteiger partial charge is 0.469 e. The number of carbonyl (C=O) groups excluding carboxylic acids is 1. The Balaban J connectivity index is 1.53. The van der Waals surface area contributed by atoms with Crippen molar-refractivity contribution >= 4 is 11.9 Å². The Hall–Kier alpha value is -2.02. The summed E-state index contributed by atoms with van der Waals surface area (Å²) in [5.41, 5.74) is 0. The van der Waals surface area contributed by atoms with Gasteiger partial charge >= 0.3 is 0 Å². The molecule has 7 nitrogen and oxygen atoms in total. The zero-order chi connectivity index (χ0) is 21.2. The molecule has 0 bridgehead atoms. The molecule has 2 unspecified atom stereocenters. The molecule has 3 rings (SSSR count). The number of likely N-dealkylation sites (tertiary alicyclic amines) is 1. The fourth-order valence-corrected chi connectivity index (χ4v) is 4.39. The van der Waals surface area contributed by atoms with Crippen LogP contribution in [0.3, 0.4) is 0 Å². The second kappa shape index (κ2) is 12.0. The highest BCUT2D eigenvalue weighted by Gasteiger charge is 2.26. The van der Waals surface area contributed by atoms with Gasteiger partial charge in [-0.05, 0) is 43.7 Å². The van der Waals surface area contributed by atoms with Crippen LogP contribution in [0, 0.1) is 5.92 Å². The Morgan fingerprint density at radius 2 is 2.03 bits per heavy atom. The van der Waals surface area contributed by atoms with Crippen molar-refractivity contribution in [2.45, 2.75) is 70.4 Å². The topological polar surface area (TPSA) is 79.1 Å². The van der Waals surface area contributed by atoms with Crippen LogP contribution in [0.25, 0.3) is 0 Å². The average molecular weight is 419 g/mol. The first-order valence-corrected chi connectivity index (χ1v) is 11.5. The third-order valence-corrected chi connectivity index (χ3v) is 6.35. The first-order chi connectivity index (χ1) is 14.7. The average Bonchev–Trinajstić information content (AvgIpc) is 3.27. The lowest BCUT2D eigenvalue weighted by Gasteiger charge is -2.35. The van der Waals surface area contributed by atoms with Gasteiger partial charge in [-0.15, -0.1) is 0 Å². The van der Waals surface area contributed by atoms with Crippen molar-refractivity contribution < 1.29 is 13.9 Å². The molecule has 0 aromatic carbocycles. The number of hydrogen-bond donors (Lipinski definition) is 2. The van der Waals surface area contributed by atoms with Gasteiger partial charge in [0, 0.05) is 45.2 Å². The Kier molecular flexibility index (Phi) is 9.05. The van der Waals surface area contributed by atoms with Crippen molar-refractivity contribution in [2.24, 2.45) is 10.9 Å². The number of furan rings is 1. The molecule has 1 amide bonds. The van der Waals surface area contributed by atoms with Crippen LogP contribution in [-0.2, 0) is 16.0 Å². The van der Waals surface area contributed by atoms with E-state index < -0.39 is 0 Å². The summed E-state index contributed by atoms with van der Waals surface area (Å²) < 4.78 is 10.5. The van der Waals surface area contributed by atoms with E-state index in [2.05, 4.69) is 17.6 Å². The molecule has 2 N–H and O–H groups in total. The molecule has 0 spiro atoms. The van der Waals surface area contributed by atoms with Crippen LogP contribution < -0.4 is 10.6 Å². The van der Waals surface area contributed by atoms with Gasteiger partial charge in [-0.3, -0.25) is 9.79 Å². The van der Waals surface area contributed by atoms with Crippen LogP contribution in [0.2, 0.25) is 0 Å². The van der Waals surface area contributed by atoms with Crippen LogP contribution in [0.4, 0.5) is 0 Å². The van der Waals surface area contributed by atoms with Gasteiger partial charge in [-0.1, -0.05) is 19.8 Å². The Bertz CT molecular complexity index is 653. The summed E-state index contributed by atoms with van der Waals surface area (Å²) in [7, 11) is 1.64. The predicted octanol–water partition coefficient (Wildman–Crippen LogP) is 2.96. The number of nitrogens with one attached hydrogen (secondary N) is 2. The summed E-state index contributed by atoms with van der Waals surface area (Å²) in [5, 5.41) is 7.36. The second-order valence-electron chi connectivity index (χ2n) is 8.61. The molecule has 0 radical (unpaired) electrons. The molecule has 1 saturated heterocycles. The second-order valence-corrected chi connectivity index (χ2v) is 8.61. The van der Waals surface area contributed by atoms with Gasteiger partial charge in [0.2, 0.25) is 5.91 Å². The van der Waals surface area contributed by atoms with Crippen molar-refractivity contribution in [3.8, 4) is 0 Å². The molecule has 2 atom stereocenters. The summed E-state index contributed by atoms with van der Waals surface area (Å²) >= 11 is 0. The van der Waals surface area contributed by atoms with Gasteiger partial charge < -0.3 is 24.7 Å². The van der Waals surface area contributed by atoms with E-state index in [-0.39, 0.29) is 5.91 Å². The lowest BCUT2D eigenvalue weighted by molar-refractivity contribution is -0.133. The van der Waals surface area contributed by atoms with Gasteiger partial charge in [0.15, 0.2) is 5.96 Å². The molecule has 1 aliphatic heterocycles. The van der Waals surface area contributed by atoms with Crippen LogP contribution in [0.1, 0.15) is 57.6 Å². The fraction of sp³-hybridized carbons (Fsp3) is 0.739. The lowest BCUT2D eigenvalue weighted by Crippen LogP contribution is -2.53. The number of carbonyl (C=O) groups is 1.